The number of para-hydroxylation sites is 1. The highest BCUT2D eigenvalue weighted by molar-refractivity contribution is 6.47. The molecule has 0 bridgehead atoms. The van der Waals surface area contributed by atoms with Gasteiger partial charge in [0, 0.05) is 19.3 Å². The van der Waals surface area contributed by atoms with Crippen molar-refractivity contribution >= 4 is 17.4 Å². The third kappa shape index (κ3) is 3.07. The molecule has 2 heterocycles. The van der Waals surface area contributed by atoms with Crippen LogP contribution in [0.5, 0.6) is 5.75 Å². The normalized spacial score (nSPS) is 13.7. The number of fused-ring (bicyclic) bond motifs is 1. The molecule has 0 fully saturated rings. The van der Waals surface area contributed by atoms with E-state index in [1.807, 2.05) is 0 Å². The van der Waals surface area contributed by atoms with Crippen LogP contribution in [0.2, 0.25) is 0 Å². The maximum atomic E-state index is 12.9. The van der Waals surface area contributed by atoms with Crippen molar-refractivity contribution < 1.29 is 23.1 Å². The number of ether oxygens (including phenoxy) is 1. The van der Waals surface area contributed by atoms with Crippen LogP contribution in [0.15, 0.2) is 18.2 Å². The van der Waals surface area contributed by atoms with E-state index in [-0.39, 0.29) is 23.5 Å². The SMILES string of the molecule is Cc1nn(C)c(C)c1C(=O)C(=O)N1CCCc2cccc(OC(F)F)c21. The van der Waals surface area contributed by atoms with Gasteiger partial charge >= 0.3 is 6.61 Å². The van der Waals surface area contributed by atoms with Gasteiger partial charge < -0.3 is 9.64 Å². The predicted octanol–water partition coefficient (Wildman–Crippen LogP) is 2.80. The average molecular weight is 363 g/mol. The Balaban J connectivity index is 2.01. The average Bonchev–Trinajstić information content (AvgIpc) is 2.85. The van der Waals surface area contributed by atoms with E-state index in [0.29, 0.717) is 29.8 Å². The number of nitrogens with zero attached hydrogens (tertiary/aromatic N) is 3. The monoisotopic (exact) mass is 363 g/mol. The first kappa shape index (κ1) is 18.0. The molecule has 1 aromatic heterocycles. The van der Waals surface area contributed by atoms with Crippen molar-refractivity contribution in [2.45, 2.75) is 33.3 Å². The van der Waals surface area contributed by atoms with Crippen LogP contribution < -0.4 is 9.64 Å². The number of hydrogen-bond acceptors (Lipinski definition) is 4. The molecule has 0 radical (unpaired) electrons. The molecule has 1 aliphatic heterocycles. The summed E-state index contributed by atoms with van der Waals surface area (Å²) in [5.41, 5.74) is 2.23. The topological polar surface area (TPSA) is 64.4 Å². The molecule has 1 aliphatic rings. The lowest BCUT2D eigenvalue weighted by Crippen LogP contribution is -2.40. The molecule has 6 nitrogen and oxygen atoms in total. The number of halogens is 2. The van der Waals surface area contributed by atoms with E-state index in [1.54, 1.807) is 33.0 Å². The molecule has 0 saturated heterocycles. The van der Waals surface area contributed by atoms with E-state index < -0.39 is 18.3 Å². The second-order valence-corrected chi connectivity index (χ2v) is 6.20. The van der Waals surface area contributed by atoms with Crippen LogP contribution >= 0.6 is 0 Å². The minimum atomic E-state index is -3.01. The van der Waals surface area contributed by atoms with Gasteiger partial charge in [-0.05, 0) is 38.3 Å². The fourth-order valence-corrected chi connectivity index (χ4v) is 3.34. The summed E-state index contributed by atoms with van der Waals surface area (Å²) in [5.74, 6) is -1.57. The number of aryl methyl sites for hydroxylation is 3. The number of amides is 1. The fraction of sp³-hybridized carbons (Fsp3) is 0.389. The van der Waals surface area contributed by atoms with Crippen LogP contribution in [-0.2, 0) is 18.3 Å². The van der Waals surface area contributed by atoms with Crippen LogP contribution in [0.4, 0.5) is 14.5 Å². The second kappa shape index (κ2) is 6.86. The van der Waals surface area contributed by atoms with E-state index in [0.717, 1.165) is 0 Å². The zero-order chi connectivity index (χ0) is 19.0. The van der Waals surface area contributed by atoms with Crippen molar-refractivity contribution in [1.29, 1.82) is 0 Å². The Morgan fingerprint density at radius 2 is 2.00 bits per heavy atom. The van der Waals surface area contributed by atoms with Gasteiger partial charge in [0.15, 0.2) is 0 Å². The molecule has 0 N–H and O–H groups in total. The van der Waals surface area contributed by atoms with E-state index in [2.05, 4.69) is 9.84 Å². The van der Waals surface area contributed by atoms with Crippen molar-refractivity contribution in [3.8, 4) is 5.75 Å². The van der Waals surface area contributed by atoms with E-state index in [9.17, 15) is 18.4 Å². The zero-order valence-electron chi connectivity index (χ0n) is 14.8. The third-order valence-corrected chi connectivity index (χ3v) is 4.57. The Labute approximate surface area is 149 Å². The first-order chi connectivity index (χ1) is 12.3. The summed E-state index contributed by atoms with van der Waals surface area (Å²) in [4.78, 5) is 27.0. The Kier molecular flexibility index (Phi) is 4.76. The van der Waals surface area contributed by atoms with Gasteiger partial charge in [-0.1, -0.05) is 12.1 Å². The van der Waals surface area contributed by atoms with Crippen LogP contribution in [0.3, 0.4) is 0 Å². The Bertz CT molecular complexity index is 877. The predicted molar refractivity (Wildman–Crippen MR) is 90.8 cm³/mol. The maximum absolute atomic E-state index is 12.9. The summed E-state index contributed by atoms with van der Waals surface area (Å²) >= 11 is 0. The highest BCUT2D eigenvalue weighted by Gasteiger charge is 2.33. The molecule has 3 rings (SSSR count). The number of alkyl halides is 2. The van der Waals surface area contributed by atoms with Crippen molar-refractivity contribution in [2.75, 3.05) is 11.4 Å². The van der Waals surface area contributed by atoms with Gasteiger partial charge in [0.25, 0.3) is 11.7 Å². The van der Waals surface area contributed by atoms with Crippen molar-refractivity contribution in [3.05, 3.63) is 40.7 Å². The lowest BCUT2D eigenvalue weighted by molar-refractivity contribution is -0.114. The molecule has 1 amide bonds. The highest BCUT2D eigenvalue weighted by atomic mass is 19.3. The number of ketones is 1. The molecule has 0 unspecified atom stereocenters. The molecule has 0 aliphatic carbocycles. The summed E-state index contributed by atoms with van der Waals surface area (Å²) in [6.07, 6.45) is 1.26. The molecule has 2 aromatic rings. The molecule has 0 saturated carbocycles. The number of aromatic nitrogens is 2. The molecular formula is C18H19F2N3O3. The minimum Gasteiger partial charge on any atom is -0.433 e. The number of anilines is 1. The molecule has 1 aromatic carbocycles. The Hall–Kier alpha value is -2.77. The van der Waals surface area contributed by atoms with Crippen molar-refractivity contribution in [2.24, 2.45) is 7.05 Å². The minimum absolute atomic E-state index is 0.0991. The van der Waals surface area contributed by atoms with Crippen LogP contribution in [-0.4, -0.2) is 34.6 Å². The highest BCUT2D eigenvalue weighted by Crippen LogP contribution is 2.37. The molecule has 8 heteroatoms. The summed E-state index contributed by atoms with van der Waals surface area (Å²) in [6, 6.07) is 4.72. The quantitative estimate of drug-likeness (QED) is 0.619. The van der Waals surface area contributed by atoms with Crippen molar-refractivity contribution in [1.82, 2.24) is 9.78 Å². The lowest BCUT2D eigenvalue weighted by Gasteiger charge is -2.30. The largest absolute Gasteiger partial charge is 0.433 e. The van der Waals surface area contributed by atoms with Crippen LogP contribution in [0, 0.1) is 13.8 Å². The lowest BCUT2D eigenvalue weighted by atomic mass is 9.99. The summed E-state index contributed by atoms with van der Waals surface area (Å²) < 4.78 is 31.6. The van der Waals surface area contributed by atoms with Crippen LogP contribution in [0.1, 0.15) is 33.7 Å². The van der Waals surface area contributed by atoms with Crippen LogP contribution in [0.25, 0.3) is 0 Å². The summed E-state index contributed by atoms with van der Waals surface area (Å²) in [6.45, 7) is 0.609. The Morgan fingerprint density at radius 1 is 1.27 bits per heavy atom. The fourth-order valence-electron chi connectivity index (χ4n) is 3.34. The van der Waals surface area contributed by atoms with Gasteiger partial charge in [-0.25, -0.2) is 0 Å². The van der Waals surface area contributed by atoms with Gasteiger partial charge in [-0.3, -0.25) is 14.3 Å². The van der Waals surface area contributed by atoms with Gasteiger partial charge in [-0.2, -0.15) is 13.9 Å². The number of benzene rings is 1. The van der Waals surface area contributed by atoms with E-state index in [1.165, 1.54) is 15.6 Å². The molecular weight excluding hydrogens is 344 g/mol. The maximum Gasteiger partial charge on any atom is 0.387 e. The first-order valence-electron chi connectivity index (χ1n) is 8.24. The third-order valence-electron chi connectivity index (χ3n) is 4.57. The molecule has 26 heavy (non-hydrogen) atoms. The molecule has 0 atom stereocenters. The van der Waals surface area contributed by atoms with Gasteiger partial charge in [-0.15, -0.1) is 0 Å². The van der Waals surface area contributed by atoms with Gasteiger partial charge in [0.05, 0.1) is 16.9 Å². The summed E-state index contributed by atoms with van der Waals surface area (Å²) in [7, 11) is 1.69. The Morgan fingerprint density at radius 3 is 2.62 bits per heavy atom. The smallest absolute Gasteiger partial charge is 0.387 e. The van der Waals surface area contributed by atoms with Gasteiger partial charge in [0.1, 0.15) is 5.75 Å². The number of hydrogen-bond donors (Lipinski definition) is 0. The molecule has 0 spiro atoms. The summed E-state index contributed by atoms with van der Waals surface area (Å²) in [5, 5.41) is 4.16. The standard InChI is InChI=1S/C18H19F2N3O3/c1-10-14(11(2)22(3)21-10)16(24)17(25)23-9-5-7-12-6-4-8-13(15(12)23)26-18(19)20/h4,6,8,18H,5,7,9H2,1-3H3. The first-order valence-corrected chi connectivity index (χ1v) is 8.24. The van der Waals surface area contributed by atoms with E-state index >= 15 is 0 Å². The zero-order valence-corrected chi connectivity index (χ0v) is 14.8. The number of carbonyl (C=O) groups is 2. The number of Topliss-reactive ketones (excluding diaryl/α,β-unsaturated/α-hetero) is 1. The number of rotatable bonds is 4. The van der Waals surface area contributed by atoms with Gasteiger partial charge in [0.2, 0.25) is 0 Å². The van der Waals surface area contributed by atoms with E-state index in [4.69, 9.17) is 0 Å². The second-order valence-electron chi connectivity index (χ2n) is 6.20. The van der Waals surface area contributed by atoms with Crippen molar-refractivity contribution in [3.63, 3.8) is 0 Å². The number of carbonyl (C=O) groups excluding carboxylic acids is 2. The molecule has 138 valence electrons.